The molecule has 2 aliphatic heterocycles. The lowest BCUT2D eigenvalue weighted by molar-refractivity contribution is 0.171. The molecule has 0 bridgehead atoms. The van der Waals surface area contributed by atoms with Crippen LogP contribution in [0.1, 0.15) is 40.8 Å². The van der Waals surface area contributed by atoms with Crippen LogP contribution in [0, 0.1) is 13.8 Å². The van der Waals surface area contributed by atoms with Crippen LogP contribution in [0.4, 0.5) is 0 Å². The molecular formula is C21H25NO3. The average Bonchev–Trinajstić information content (AvgIpc) is 2.62. The fourth-order valence-corrected chi connectivity index (χ4v) is 3.69. The largest absolute Gasteiger partial charge is 0.494 e. The first-order valence-electron chi connectivity index (χ1n) is 9.07. The smallest absolute Gasteiger partial charge is 0.161 e. The van der Waals surface area contributed by atoms with Gasteiger partial charge in [-0.25, -0.2) is 0 Å². The van der Waals surface area contributed by atoms with Gasteiger partial charge in [0.05, 0.1) is 12.6 Å². The van der Waals surface area contributed by atoms with E-state index >= 15 is 0 Å². The molecule has 0 fully saturated rings. The zero-order chi connectivity index (χ0) is 17.4. The maximum absolute atomic E-state index is 5.96. The normalized spacial score (nSPS) is 18.6. The Morgan fingerprint density at radius 3 is 2.48 bits per heavy atom. The molecule has 0 aliphatic carbocycles. The fraction of sp³-hybridized carbons (Fsp3) is 0.429. The second-order valence-electron chi connectivity index (χ2n) is 6.74. The van der Waals surface area contributed by atoms with Crippen molar-refractivity contribution in [2.24, 2.45) is 0 Å². The molecular weight excluding hydrogens is 314 g/mol. The Labute approximate surface area is 149 Å². The van der Waals surface area contributed by atoms with Gasteiger partial charge in [0.2, 0.25) is 0 Å². The molecule has 25 heavy (non-hydrogen) atoms. The van der Waals surface area contributed by atoms with Crippen LogP contribution in [0.2, 0.25) is 0 Å². The summed E-state index contributed by atoms with van der Waals surface area (Å²) in [6.07, 6.45) is 0.997. The van der Waals surface area contributed by atoms with Gasteiger partial charge in [-0.1, -0.05) is 6.07 Å². The zero-order valence-electron chi connectivity index (χ0n) is 15.1. The second kappa shape index (κ2) is 6.60. The van der Waals surface area contributed by atoms with E-state index in [2.05, 4.69) is 43.4 Å². The van der Waals surface area contributed by atoms with Crippen LogP contribution >= 0.6 is 0 Å². The van der Waals surface area contributed by atoms with Crippen molar-refractivity contribution in [1.82, 2.24) is 5.32 Å². The van der Waals surface area contributed by atoms with Crippen molar-refractivity contribution in [3.63, 3.8) is 0 Å². The highest BCUT2D eigenvalue weighted by Crippen LogP contribution is 2.41. The molecule has 0 saturated carbocycles. The van der Waals surface area contributed by atoms with Crippen LogP contribution in [0.15, 0.2) is 24.3 Å². The molecule has 2 aromatic carbocycles. The summed E-state index contributed by atoms with van der Waals surface area (Å²) in [6, 6.07) is 8.82. The van der Waals surface area contributed by atoms with Gasteiger partial charge >= 0.3 is 0 Å². The summed E-state index contributed by atoms with van der Waals surface area (Å²) in [5.41, 5.74) is 6.33. The molecule has 2 aliphatic rings. The summed E-state index contributed by atoms with van der Waals surface area (Å²) in [5, 5.41) is 3.67. The molecule has 4 heteroatoms. The Morgan fingerprint density at radius 1 is 1.00 bits per heavy atom. The van der Waals surface area contributed by atoms with E-state index in [1.54, 1.807) is 0 Å². The third-order valence-corrected chi connectivity index (χ3v) is 5.09. The van der Waals surface area contributed by atoms with Gasteiger partial charge in [0.15, 0.2) is 11.5 Å². The van der Waals surface area contributed by atoms with Crippen LogP contribution in [0.25, 0.3) is 0 Å². The van der Waals surface area contributed by atoms with Crippen LogP contribution in [-0.4, -0.2) is 26.4 Å². The first-order chi connectivity index (χ1) is 12.2. The Morgan fingerprint density at radius 2 is 1.72 bits per heavy atom. The van der Waals surface area contributed by atoms with Crippen molar-refractivity contribution in [2.75, 3.05) is 26.4 Å². The van der Waals surface area contributed by atoms with Gasteiger partial charge in [0, 0.05) is 12.1 Å². The number of fused-ring (bicyclic) bond motifs is 2. The van der Waals surface area contributed by atoms with Crippen molar-refractivity contribution >= 4 is 0 Å². The first kappa shape index (κ1) is 16.3. The van der Waals surface area contributed by atoms with E-state index in [-0.39, 0.29) is 6.04 Å². The summed E-state index contributed by atoms with van der Waals surface area (Å²) in [6.45, 7) is 9.15. The number of rotatable bonds is 3. The predicted octanol–water partition coefficient (Wildman–Crippen LogP) is 3.71. The molecule has 0 amide bonds. The molecule has 0 radical (unpaired) electrons. The van der Waals surface area contributed by atoms with Crippen molar-refractivity contribution in [3.05, 3.63) is 52.1 Å². The Balaban J connectivity index is 1.82. The Bertz CT molecular complexity index is 800. The number of ether oxygens (including phenoxy) is 3. The predicted molar refractivity (Wildman–Crippen MR) is 98.1 cm³/mol. The SMILES string of the molecule is CCOc1cc(C)c(C)cc1C1NCCc2cc3c(cc21)OCCO3. The molecule has 1 N–H and O–H groups in total. The third kappa shape index (κ3) is 2.95. The van der Waals surface area contributed by atoms with E-state index < -0.39 is 0 Å². The minimum atomic E-state index is 0.112. The highest BCUT2D eigenvalue weighted by molar-refractivity contribution is 5.55. The fourth-order valence-electron chi connectivity index (χ4n) is 3.69. The van der Waals surface area contributed by atoms with Gasteiger partial charge in [-0.2, -0.15) is 0 Å². The van der Waals surface area contributed by atoms with Gasteiger partial charge in [-0.3, -0.25) is 0 Å². The molecule has 4 rings (SSSR count). The molecule has 4 nitrogen and oxygen atoms in total. The van der Waals surface area contributed by atoms with Gasteiger partial charge in [0.1, 0.15) is 19.0 Å². The van der Waals surface area contributed by atoms with E-state index in [0.29, 0.717) is 19.8 Å². The van der Waals surface area contributed by atoms with Crippen LogP contribution < -0.4 is 19.5 Å². The summed E-state index contributed by atoms with van der Waals surface area (Å²) in [4.78, 5) is 0. The summed E-state index contributed by atoms with van der Waals surface area (Å²) in [5.74, 6) is 2.68. The Hall–Kier alpha value is -2.20. The molecule has 0 spiro atoms. The number of benzene rings is 2. The zero-order valence-corrected chi connectivity index (χ0v) is 15.1. The summed E-state index contributed by atoms with van der Waals surface area (Å²) < 4.78 is 17.5. The lowest BCUT2D eigenvalue weighted by Crippen LogP contribution is -2.31. The van der Waals surface area contributed by atoms with E-state index in [4.69, 9.17) is 14.2 Å². The van der Waals surface area contributed by atoms with Crippen LogP contribution in [0.3, 0.4) is 0 Å². The Kier molecular flexibility index (Phi) is 4.30. The minimum Gasteiger partial charge on any atom is -0.494 e. The molecule has 1 atom stereocenters. The van der Waals surface area contributed by atoms with Crippen molar-refractivity contribution < 1.29 is 14.2 Å². The molecule has 2 heterocycles. The lowest BCUT2D eigenvalue weighted by atomic mass is 9.87. The topological polar surface area (TPSA) is 39.7 Å². The number of hydrogen-bond donors (Lipinski definition) is 1. The molecule has 0 saturated heterocycles. The summed E-state index contributed by atoms with van der Waals surface area (Å²) in [7, 11) is 0. The number of aryl methyl sites for hydroxylation is 2. The van der Waals surface area contributed by atoms with Crippen molar-refractivity contribution in [1.29, 1.82) is 0 Å². The van der Waals surface area contributed by atoms with Gasteiger partial charge in [0.25, 0.3) is 0 Å². The van der Waals surface area contributed by atoms with Crippen molar-refractivity contribution in [3.8, 4) is 17.2 Å². The van der Waals surface area contributed by atoms with Crippen LogP contribution in [0.5, 0.6) is 17.2 Å². The van der Waals surface area contributed by atoms with Gasteiger partial charge in [-0.15, -0.1) is 0 Å². The average molecular weight is 339 g/mol. The van der Waals surface area contributed by atoms with E-state index in [1.165, 1.54) is 27.8 Å². The molecule has 132 valence electrons. The molecule has 2 aromatic rings. The highest BCUT2D eigenvalue weighted by Gasteiger charge is 2.27. The maximum Gasteiger partial charge on any atom is 0.161 e. The monoisotopic (exact) mass is 339 g/mol. The highest BCUT2D eigenvalue weighted by atomic mass is 16.6. The molecule has 1 unspecified atom stereocenters. The molecule has 0 aromatic heterocycles. The standard InChI is InChI=1S/C21H25NO3/c1-4-23-18-10-14(3)13(2)9-17(18)21-16-12-20-19(24-7-8-25-20)11-15(16)5-6-22-21/h9-12,21-22H,4-8H2,1-3H3. The van der Waals surface area contributed by atoms with Crippen LogP contribution in [-0.2, 0) is 6.42 Å². The minimum absolute atomic E-state index is 0.112. The number of nitrogens with one attached hydrogen (secondary N) is 1. The second-order valence-corrected chi connectivity index (χ2v) is 6.74. The van der Waals surface area contributed by atoms with Crippen molar-refractivity contribution in [2.45, 2.75) is 33.2 Å². The van der Waals surface area contributed by atoms with E-state index in [1.807, 2.05) is 6.92 Å². The van der Waals surface area contributed by atoms with Gasteiger partial charge in [-0.05, 0) is 67.6 Å². The maximum atomic E-state index is 5.96. The number of hydrogen-bond acceptors (Lipinski definition) is 4. The van der Waals surface area contributed by atoms with E-state index in [9.17, 15) is 0 Å². The first-order valence-corrected chi connectivity index (χ1v) is 9.07. The lowest BCUT2D eigenvalue weighted by Gasteiger charge is -2.31. The quantitative estimate of drug-likeness (QED) is 0.925. The van der Waals surface area contributed by atoms with Gasteiger partial charge < -0.3 is 19.5 Å². The summed E-state index contributed by atoms with van der Waals surface area (Å²) >= 11 is 0. The van der Waals surface area contributed by atoms with E-state index in [0.717, 1.165) is 30.2 Å². The third-order valence-electron chi connectivity index (χ3n) is 5.09.